The lowest BCUT2D eigenvalue weighted by Gasteiger charge is -2.22. The van der Waals surface area contributed by atoms with Gasteiger partial charge in [-0.05, 0) is 102 Å². The summed E-state index contributed by atoms with van der Waals surface area (Å²) in [4.78, 5) is 21.0. The van der Waals surface area contributed by atoms with E-state index in [1.54, 1.807) is 0 Å². The van der Waals surface area contributed by atoms with Crippen LogP contribution in [0.4, 0.5) is 0 Å². The Labute approximate surface area is 444 Å². The molecule has 4 nitrogen and oxygen atoms in total. The van der Waals surface area contributed by atoms with E-state index in [-0.39, 0.29) is 10.8 Å². The molecule has 2 aliphatic rings. The van der Waals surface area contributed by atoms with Crippen molar-refractivity contribution in [3.8, 4) is 112 Å². The van der Waals surface area contributed by atoms with Crippen LogP contribution in [0.2, 0.25) is 0 Å². The molecule has 0 spiro atoms. The molecule has 0 bridgehead atoms. The molecule has 14 rings (SSSR count). The molecule has 12 aromatic rings. The Morgan fingerprint density at radius 1 is 0.224 bits per heavy atom. The van der Waals surface area contributed by atoms with Gasteiger partial charge in [-0.3, -0.25) is 0 Å². The minimum Gasteiger partial charge on any atom is -0.228 e. The van der Waals surface area contributed by atoms with Gasteiger partial charge in [0.1, 0.15) is 0 Å². The fourth-order valence-electron chi connectivity index (χ4n) is 12.1. The highest BCUT2D eigenvalue weighted by molar-refractivity contribution is 6.04. The van der Waals surface area contributed by atoms with Gasteiger partial charge in [-0.2, -0.15) is 0 Å². The maximum atomic E-state index is 5.29. The second kappa shape index (κ2) is 17.6. The van der Waals surface area contributed by atoms with Crippen LogP contribution in [0.15, 0.2) is 243 Å². The van der Waals surface area contributed by atoms with E-state index in [0.717, 1.165) is 67.3 Å². The highest BCUT2D eigenvalue weighted by Gasteiger charge is 2.37. The summed E-state index contributed by atoms with van der Waals surface area (Å²) in [6.07, 6.45) is 0. The number of rotatable bonds is 8. The maximum Gasteiger partial charge on any atom is 0.160 e. The van der Waals surface area contributed by atoms with E-state index >= 15 is 0 Å². The number of benzene rings is 10. The van der Waals surface area contributed by atoms with E-state index in [0.29, 0.717) is 11.6 Å². The van der Waals surface area contributed by atoms with Gasteiger partial charge in [0.2, 0.25) is 0 Å². The zero-order valence-corrected chi connectivity index (χ0v) is 42.9. The number of aromatic nitrogens is 4. The summed E-state index contributed by atoms with van der Waals surface area (Å²) in [5.74, 6) is 1.43. The molecule has 0 atom stereocenters. The number of hydrogen-bond donors (Lipinski definition) is 0. The van der Waals surface area contributed by atoms with Gasteiger partial charge in [-0.25, -0.2) is 19.9 Å². The average Bonchev–Trinajstić information content (AvgIpc) is 3.86. The van der Waals surface area contributed by atoms with Crippen LogP contribution < -0.4 is 0 Å². The fraction of sp³-hybridized carbons (Fsp3) is 0.0833. The number of fused-ring (bicyclic) bond motifs is 7. The van der Waals surface area contributed by atoms with Crippen molar-refractivity contribution in [3.63, 3.8) is 0 Å². The van der Waals surface area contributed by atoms with E-state index in [2.05, 4.69) is 258 Å². The first-order valence-corrected chi connectivity index (χ1v) is 26.3. The first-order valence-electron chi connectivity index (χ1n) is 26.3. The molecule has 2 heterocycles. The van der Waals surface area contributed by atoms with E-state index in [1.807, 2.05) is 12.1 Å². The average molecular weight is 973 g/mol. The molecule has 0 aliphatic heterocycles. The Morgan fingerprint density at radius 3 is 0.921 bits per heavy atom. The predicted octanol–water partition coefficient (Wildman–Crippen LogP) is 18.4. The first-order chi connectivity index (χ1) is 37.2. The van der Waals surface area contributed by atoms with Crippen LogP contribution in [0.3, 0.4) is 0 Å². The summed E-state index contributed by atoms with van der Waals surface area (Å²) in [7, 11) is 0. The smallest absolute Gasteiger partial charge is 0.160 e. The third kappa shape index (κ3) is 7.51. The first kappa shape index (κ1) is 45.3. The Morgan fingerprint density at radius 2 is 0.526 bits per heavy atom. The van der Waals surface area contributed by atoms with Crippen LogP contribution in [0.5, 0.6) is 0 Å². The standard InChI is InChI=1S/C72H52N4/c1-71(2)61-27-13-11-21-57(61)59-39-37-51(41-63(59)71)69-73-65(47-17-7-5-8-18-47)43-67(75-69)49-33-29-45(30-34-49)53-23-15-26-56-54(24-16-25-55(53)56)46-31-35-50(36-32-46)68-44-66(48-19-9-6-10-20-48)74-70(76-68)52-38-40-60-58-22-12-14-28-62(58)72(3,4)64(60)42-52/h5-44H,1-4H3. The van der Waals surface area contributed by atoms with E-state index < -0.39 is 0 Å². The van der Waals surface area contributed by atoms with Gasteiger partial charge in [-0.1, -0.05) is 246 Å². The second-order valence-electron chi connectivity index (χ2n) is 21.4. The molecule has 0 saturated carbocycles. The van der Waals surface area contributed by atoms with Crippen LogP contribution >= 0.6 is 0 Å². The zero-order chi connectivity index (χ0) is 51.1. The van der Waals surface area contributed by atoms with E-state index in [9.17, 15) is 0 Å². The molecule has 4 heteroatoms. The molecule has 2 aliphatic carbocycles. The molecule has 360 valence electrons. The molecular formula is C72H52N4. The Bertz CT molecular complexity index is 3970. The fourth-order valence-corrected chi connectivity index (χ4v) is 12.1. The Kier molecular flexibility index (Phi) is 10.5. The summed E-state index contributed by atoms with van der Waals surface area (Å²) in [6, 6.07) is 87.1. The minimum absolute atomic E-state index is 0.127. The lowest BCUT2D eigenvalue weighted by molar-refractivity contribution is 0.660. The topological polar surface area (TPSA) is 51.6 Å². The normalized spacial score (nSPS) is 13.5. The van der Waals surface area contributed by atoms with Crippen molar-refractivity contribution in [2.24, 2.45) is 0 Å². The van der Waals surface area contributed by atoms with Crippen LogP contribution in [-0.4, -0.2) is 19.9 Å². The highest BCUT2D eigenvalue weighted by Crippen LogP contribution is 2.51. The number of hydrogen-bond acceptors (Lipinski definition) is 4. The maximum absolute atomic E-state index is 5.29. The van der Waals surface area contributed by atoms with Gasteiger partial charge in [0.05, 0.1) is 22.8 Å². The van der Waals surface area contributed by atoms with Gasteiger partial charge in [-0.15, -0.1) is 0 Å². The number of nitrogens with zero attached hydrogens (tertiary/aromatic N) is 4. The minimum atomic E-state index is -0.127. The lowest BCUT2D eigenvalue weighted by atomic mass is 9.82. The van der Waals surface area contributed by atoms with Crippen molar-refractivity contribution in [1.29, 1.82) is 0 Å². The van der Waals surface area contributed by atoms with Gasteiger partial charge in [0.15, 0.2) is 11.6 Å². The van der Waals surface area contributed by atoms with Crippen LogP contribution in [0, 0.1) is 0 Å². The van der Waals surface area contributed by atoms with Gasteiger partial charge < -0.3 is 0 Å². The van der Waals surface area contributed by atoms with Crippen molar-refractivity contribution >= 4 is 10.8 Å². The van der Waals surface area contributed by atoms with Gasteiger partial charge in [0.25, 0.3) is 0 Å². The zero-order valence-electron chi connectivity index (χ0n) is 42.9. The summed E-state index contributed by atoms with van der Waals surface area (Å²) in [5.41, 5.74) is 24.7. The molecule has 10 aromatic carbocycles. The summed E-state index contributed by atoms with van der Waals surface area (Å²) < 4.78 is 0. The molecule has 0 saturated heterocycles. The van der Waals surface area contributed by atoms with Crippen molar-refractivity contribution in [2.75, 3.05) is 0 Å². The van der Waals surface area contributed by atoms with Crippen molar-refractivity contribution in [1.82, 2.24) is 19.9 Å². The summed E-state index contributed by atoms with van der Waals surface area (Å²) >= 11 is 0. The van der Waals surface area contributed by atoms with E-state index in [4.69, 9.17) is 19.9 Å². The molecule has 0 radical (unpaired) electrons. The van der Waals surface area contributed by atoms with Crippen LogP contribution in [-0.2, 0) is 10.8 Å². The quantitative estimate of drug-likeness (QED) is 0.152. The van der Waals surface area contributed by atoms with Gasteiger partial charge >= 0.3 is 0 Å². The molecular weight excluding hydrogens is 921 g/mol. The third-order valence-corrected chi connectivity index (χ3v) is 16.2. The summed E-state index contributed by atoms with van der Waals surface area (Å²) in [6.45, 7) is 9.27. The molecule has 0 amide bonds. The second-order valence-corrected chi connectivity index (χ2v) is 21.4. The monoisotopic (exact) mass is 972 g/mol. The molecule has 0 unspecified atom stereocenters. The summed E-state index contributed by atoms with van der Waals surface area (Å²) in [5, 5.41) is 2.39. The molecule has 0 fully saturated rings. The van der Waals surface area contributed by atoms with Crippen LogP contribution in [0.25, 0.3) is 123 Å². The van der Waals surface area contributed by atoms with Crippen molar-refractivity contribution in [2.45, 2.75) is 38.5 Å². The van der Waals surface area contributed by atoms with E-state index in [1.165, 1.54) is 66.4 Å². The van der Waals surface area contributed by atoms with Crippen molar-refractivity contribution in [3.05, 3.63) is 265 Å². The SMILES string of the molecule is CC1(C)c2ccccc2-c2ccc(-c3nc(-c4ccccc4)cc(-c4ccc(-c5cccc6c(-c7ccc(-c8cc(-c9ccccc9)nc(-c9ccc%10c(c9)C(C)(C)c9ccccc9-%10)n8)cc7)cccc56)cc4)n3)cc21. The van der Waals surface area contributed by atoms with Crippen molar-refractivity contribution < 1.29 is 0 Å². The molecule has 2 aromatic heterocycles. The highest BCUT2D eigenvalue weighted by atomic mass is 14.9. The Hall–Kier alpha value is -9.38. The largest absolute Gasteiger partial charge is 0.228 e. The van der Waals surface area contributed by atoms with Crippen LogP contribution in [0.1, 0.15) is 49.9 Å². The lowest BCUT2D eigenvalue weighted by Crippen LogP contribution is -2.15. The molecule has 76 heavy (non-hydrogen) atoms. The van der Waals surface area contributed by atoms with Gasteiger partial charge in [0, 0.05) is 44.2 Å². The third-order valence-electron chi connectivity index (χ3n) is 16.2. The molecule has 0 N–H and O–H groups in total. The predicted molar refractivity (Wildman–Crippen MR) is 314 cm³/mol. The Balaban J connectivity index is 0.787.